The molecular weight excluding hydrogens is 463 g/mol. The average molecular weight is 489 g/mol. The molecule has 170 valence electrons. The fourth-order valence-electron chi connectivity index (χ4n) is 3.46. The summed E-state index contributed by atoms with van der Waals surface area (Å²) in [6, 6.07) is 7.29. The normalized spacial score (nSPS) is 16.9. The highest BCUT2D eigenvalue weighted by atomic mass is 35.5. The summed E-state index contributed by atoms with van der Waals surface area (Å²) in [4.78, 5) is 14.7. The summed E-state index contributed by atoms with van der Waals surface area (Å²) < 4.78 is 38.9. The van der Waals surface area contributed by atoms with Crippen molar-refractivity contribution in [2.45, 2.75) is 50.3 Å². The second kappa shape index (κ2) is 10.4. The van der Waals surface area contributed by atoms with Crippen LogP contribution >= 0.6 is 23.2 Å². The minimum Gasteiger partial charge on any atom is -0.467 e. The molecule has 1 aromatic heterocycles. The highest BCUT2D eigenvalue weighted by molar-refractivity contribution is 7.89. The number of benzene rings is 1. The largest absolute Gasteiger partial charge is 0.467 e. The zero-order valence-electron chi connectivity index (χ0n) is 17.5. The Morgan fingerprint density at radius 1 is 1.26 bits per heavy atom. The molecule has 0 radical (unpaired) electrons. The van der Waals surface area contributed by atoms with Gasteiger partial charge in [0.05, 0.1) is 30.5 Å². The van der Waals surface area contributed by atoms with E-state index in [0.29, 0.717) is 18.9 Å². The van der Waals surface area contributed by atoms with Crippen LogP contribution in [-0.2, 0) is 26.1 Å². The minimum absolute atomic E-state index is 0.0503. The van der Waals surface area contributed by atoms with Crippen LogP contribution in [0.2, 0.25) is 10.0 Å². The quantitative estimate of drug-likeness (QED) is 0.528. The van der Waals surface area contributed by atoms with Crippen molar-refractivity contribution >= 4 is 39.1 Å². The van der Waals surface area contributed by atoms with Crippen LogP contribution in [0.1, 0.15) is 32.4 Å². The molecule has 0 spiro atoms. The number of hydrogen-bond donors (Lipinski definition) is 0. The van der Waals surface area contributed by atoms with Gasteiger partial charge < -0.3 is 14.1 Å². The first kappa shape index (κ1) is 24.1. The summed E-state index contributed by atoms with van der Waals surface area (Å²) in [5.74, 6) is 0.269. The van der Waals surface area contributed by atoms with Gasteiger partial charge in [-0.15, -0.1) is 0 Å². The lowest BCUT2D eigenvalue weighted by molar-refractivity contribution is -0.134. The smallest absolute Gasteiger partial charge is 0.245 e. The Balaban J connectivity index is 1.84. The number of amides is 1. The Morgan fingerprint density at radius 2 is 2.03 bits per heavy atom. The highest BCUT2D eigenvalue weighted by Gasteiger charge is 2.33. The second-order valence-electron chi connectivity index (χ2n) is 7.71. The Hall–Kier alpha value is -1.58. The number of furan rings is 1. The molecule has 10 heteroatoms. The Morgan fingerprint density at radius 3 is 2.65 bits per heavy atom. The van der Waals surface area contributed by atoms with Gasteiger partial charge in [0.2, 0.25) is 15.9 Å². The van der Waals surface area contributed by atoms with Gasteiger partial charge in [-0.1, -0.05) is 23.2 Å². The third-order valence-electron chi connectivity index (χ3n) is 5.07. The van der Waals surface area contributed by atoms with Crippen LogP contribution in [0.5, 0.6) is 0 Å². The fourth-order valence-corrected chi connectivity index (χ4v) is 5.78. The van der Waals surface area contributed by atoms with Crippen LogP contribution in [0.4, 0.5) is 0 Å². The zero-order chi connectivity index (χ0) is 22.6. The van der Waals surface area contributed by atoms with E-state index in [-0.39, 0.29) is 40.0 Å². The molecule has 1 amide bonds. The zero-order valence-corrected chi connectivity index (χ0v) is 19.8. The Labute approximate surface area is 192 Å². The van der Waals surface area contributed by atoms with Crippen LogP contribution in [0.25, 0.3) is 0 Å². The molecule has 2 heterocycles. The number of halogens is 2. The lowest BCUT2D eigenvalue weighted by atomic mass is 10.2. The number of carbonyl (C=O) groups excluding carboxylic acids is 1. The molecule has 3 rings (SSSR count). The van der Waals surface area contributed by atoms with Crippen molar-refractivity contribution in [3.8, 4) is 0 Å². The molecule has 0 bridgehead atoms. The first-order valence-electron chi connectivity index (χ1n) is 10.1. The van der Waals surface area contributed by atoms with Gasteiger partial charge in [-0.3, -0.25) is 4.79 Å². The summed E-state index contributed by atoms with van der Waals surface area (Å²) >= 11 is 12.1. The standard InChI is InChI=1S/C21H26Cl2N2O5S/c1-15(2)25(31(27,28)20-11-16(22)7-8-19(20)23)14-21(26)24(12-17-5-3-9-29-17)13-18-6-4-10-30-18/h3,5,7-9,11,15,18H,4,6,10,12-14H2,1-2H3. The van der Waals surface area contributed by atoms with E-state index in [1.165, 1.54) is 24.5 Å². The second-order valence-corrected chi connectivity index (χ2v) is 10.4. The number of sulfonamides is 1. The van der Waals surface area contributed by atoms with Gasteiger partial charge >= 0.3 is 0 Å². The maximum absolute atomic E-state index is 13.3. The van der Waals surface area contributed by atoms with Gasteiger partial charge in [0, 0.05) is 24.2 Å². The van der Waals surface area contributed by atoms with E-state index in [1.54, 1.807) is 30.9 Å². The number of nitrogens with zero attached hydrogens (tertiary/aromatic N) is 2. The van der Waals surface area contributed by atoms with Crippen molar-refractivity contribution in [2.24, 2.45) is 0 Å². The minimum atomic E-state index is -4.06. The summed E-state index contributed by atoms with van der Waals surface area (Å²) in [5, 5.41) is 0.296. The molecule has 0 N–H and O–H groups in total. The van der Waals surface area contributed by atoms with Crippen molar-refractivity contribution < 1.29 is 22.4 Å². The van der Waals surface area contributed by atoms with Crippen LogP contribution < -0.4 is 0 Å². The van der Waals surface area contributed by atoms with Gasteiger partial charge in [-0.2, -0.15) is 4.31 Å². The third kappa shape index (κ3) is 6.02. The maximum Gasteiger partial charge on any atom is 0.245 e. The molecule has 1 aliphatic rings. The monoisotopic (exact) mass is 488 g/mol. The number of ether oxygens (including phenoxy) is 1. The molecule has 1 atom stereocenters. The molecular formula is C21H26Cl2N2O5S. The first-order valence-corrected chi connectivity index (χ1v) is 12.3. The predicted octanol–water partition coefficient (Wildman–Crippen LogP) is 4.19. The third-order valence-corrected chi connectivity index (χ3v) is 7.81. The van der Waals surface area contributed by atoms with Crippen LogP contribution in [-0.4, -0.2) is 55.4 Å². The van der Waals surface area contributed by atoms with Gasteiger partial charge in [0.25, 0.3) is 0 Å². The molecule has 0 saturated carbocycles. The Kier molecular flexibility index (Phi) is 8.04. The van der Waals surface area contributed by atoms with Gasteiger partial charge in [0.1, 0.15) is 10.7 Å². The summed E-state index contributed by atoms with van der Waals surface area (Å²) in [5.41, 5.74) is 0. The summed E-state index contributed by atoms with van der Waals surface area (Å²) in [6.45, 7) is 4.34. The SMILES string of the molecule is CC(C)N(CC(=O)N(Cc1ccco1)CC1CCCO1)S(=O)(=O)c1cc(Cl)ccc1Cl. The maximum atomic E-state index is 13.3. The lowest BCUT2D eigenvalue weighted by Gasteiger charge is -2.30. The topological polar surface area (TPSA) is 80.1 Å². The van der Waals surface area contributed by atoms with Crippen molar-refractivity contribution in [3.63, 3.8) is 0 Å². The predicted molar refractivity (Wildman–Crippen MR) is 119 cm³/mol. The highest BCUT2D eigenvalue weighted by Crippen LogP contribution is 2.29. The lowest BCUT2D eigenvalue weighted by Crippen LogP contribution is -2.47. The fraction of sp³-hybridized carbons (Fsp3) is 0.476. The average Bonchev–Trinajstić information content (AvgIpc) is 3.41. The molecule has 1 saturated heterocycles. The van der Waals surface area contributed by atoms with E-state index in [2.05, 4.69) is 0 Å². The van der Waals surface area contributed by atoms with Crippen molar-refractivity contribution in [3.05, 3.63) is 52.4 Å². The molecule has 2 aromatic rings. The van der Waals surface area contributed by atoms with E-state index in [9.17, 15) is 13.2 Å². The molecule has 0 aliphatic carbocycles. The van der Waals surface area contributed by atoms with Crippen LogP contribution in [0, 0.1) is 0 Å². The van der Waals surface area contributed by atoms with Crippen LogP contribution in [0.15, 0.2) is 45.9 Å². The van der Waals surface area contributed by atoms with E-state index in [0.717, 1.165) is 17.1 Å². The summed E-state index contributed by atoms with van der Waals surface area (Å²) in [7, 11) is -4.06. The number of hydrogen-bond acceptors (Lipinski definition) is 5. The molecule has 1 fully saturated rings. The first-order chi connectivity index (χ1) is 14.7. The molecule has 1 aliphatic heterocycles. The number of carbonyl (C=O) groups is 1. The molecule has 31 heavy (non-hydrogen) atoms. The van der Waals surface area contributed by atoms with Crippen LogP contribution in [0.3, 0.4) is 0 Å². The molecule has 7 nitrogen and oxygen atoms in total. The number of rotatable bonds is 9. The van der Waals surface area contributed by atoms with Gasteiger partial charge in [0.15, 0.2) is 0 Å². The van der Waals surface area contributed by atoms with E-state index in [4.69, 9.17) is 32.4 Å². The van der Waals surface area contributed by atoms with Crippen molar-refractivity contribution in [1.82, 2.24) is 9.21 Å². The van der Waals surface area contributed by atoms with E-state index < -0.39 is 16.1 Å². The van der Waals surface area contributed by atoms with Crippen molar-refractivity contribution in [2.75, 3.05) is 19.7 Å². The van der Waals surface area contributed by atoms with Crippen molar-refractivity contribution in [1.29, 1.82) is 0 Å². The summed E-state index contributed by atoms with van der Waals surface area (Å²) in [6.07, 6.45) is 3.25. The molecule has 1 aromatic carbocycles. The van der Waals surface area contributed by atoms with E-state index in [1.807, 2.05) is 0 Å². The molecule has 1 unspecified atom stereocenters. The Bertz CT molecular complexity index is 989. The van der Waals surface area contributed by atoms with E-state index >= 15 is 0 Å². The van der Waals surface area contributed by atoms with Gasteiger partial charge in [-0.25, -0.2) is 8.42 Å². The van der Waals surface area contributed by atoms with Gasteiger partial charge in [-0.05, 0) is 57.0 Å².